The third kappa shape index (κ3) is 3.97. The number of nitrogens with one attached hydrogen (secondary N) is 1. The van der Waals surface area contributed by atoms with E-state index in [9.17, 15) is 4.79 Å². The molecular weight excluding hydrogens is 390 g/mol. The van der Waals surface area contributed by atoms with E-state index in [1.807, 2.05) is 20.0 Å². The van der Waals surface area contributed by atoms with Crippen molar-refractivity contribution < 1.29 is 18.7 Å². The SMILES string of the molecule is COc1c(C)cnc(CSc2nc3ccc(OC(=O)c4ccco4)cc3[nH]2)c1C. The molecule has 8 heteroatoms. The minimum atomic E-state index is -0.543. The first-order valence-corrected chi connectivity index (χ1v) is 9.91. The van der Waals surface area contributed by atoms with Crippen LogP contribution in [0.15, 0.2) is 52.4 Å². The van der Waals surface area contributed by atoms with Crippen molar-refractivity contribution in [2.24, 2.45) is 0 Å². The highest BCUT2D eigenvalue weighted by molar-refractivity contribution is 7.98. The Labute approximate surface area is 171 Å². The number of methoxy groups -OCH3 is 1. The van der Waals surface area contributed by atoms with Gasteiger partial charge >= 0.3 is 5.97 Å². The molecule has 1 aromatic carbocycles. The van der Waals surface area contributed by atoms with Crippen LogP contribution in [0.4, 0.5) is 0 Å². The van der Waals surface area contributed by atoms with Gasteiger partial charge in [-0.25, -0.2) is 9.78 Å². The number of H-pyrrole nitrogens is 1. The van der Waals surface area contributed by atoms with Crippen molar-refractivity contribution in [1.29, 1.82) is 0 Å². The van der Waals surface area contributed by atoms with Crippen LogP contribution < -0.4 is 9.47 Å². The molecule has 4 rings (SSSR count). The highest BCUT2D eigenvalue weighted by Gasteiger charge is 2.14. The minimum absolute atomic E-state index is 0.155. The first kappa shape index (κ1) is 19.1. The molecule has 0 atom stereocenters. The van der Waals surface area contributed by atoms with Crippen LogP contribution >= 0.6 is 11.8 Å². The summed E-state index contributed by atoms with van der Waals surface area (Å²) in [5.74, 6) is 1.55. The third-order valence-electron chi connectivity index (χ3n) is 4.46. The topological polar surface area (TPSA) is 90.2 Å². The van der Waals surface area contributed by atoms with E-state index in [-0.39, 0.29) is 5.76 Å². The van der Waals surface area contributed by atoms with Crippen LogP contribution in [-0.4, -0.2) is 28.0 Å². The zero-order valence-electron chi connectivity index (χ0n) is 16.2. The maximum absolute atomic E-state index is 12.0. The average Bonchev–Trinajstić information content (AvgIpc) is 3.37. The van der Waals surface area contributed by atoms with Gasteiger partial charge < -0.3 is 18.9 Å². The van der Waals surface area contributed by atoms with Crippen LogP contribution in [0.1, 0.15) is 27.4 Å². The molecule has 0 unspecified atom stereocenters. The summed E-state index contributed by atoms with van der Waals surface area (Å²) in [6.45, 7) is 3.98. The first-order valence-electron chi connectivity index (χ1n) is 8.92. The van der Waals surface area contributed by atoms with Crippen LogP contribution in [0.3, 0.4) is 0 Å². The first-order chi connectivity index (χ1) is 14.0. The second-order valence-electron chi connectivity index (χ2n) is 6.42. The summed E-state index contributed by atoms with van der Waals surface area (Å²) in [6, 6.07) is 8.44. The lowest BCUT2D eigenvalue weighted by molar-refractivity contribution is 0.0701. The molecule has 0 aliphatic rings. The number of esters is 1. The summed E-state index contributed by atoms with van der Waals surface area (Å²) < 4.78 is 15.9. The molecule has 0 amide bonds. The third-order valence-corrected chi connectivity index (χ3v) is 5.34. The Balaban J connectivity index is 1.49. The predicted octanol–water partition coefficient (Wildman–Crippen LogP) is 4.69. The molecule has 3 aromatic heterocycles. The monoisotopic (exact) mass is 409 g/mol. The number of thioether (sulfide) groups is 1. The van der Waals surface area contributed by atoms with Crippen molar-refractivity contribution in [3.63, 3.8) is 0 Å². The van der Waals surface area contributed by atoms with Gasteiger partial charge in [0.25, 0.3) is 0 Å². The van der Waals surface area contributed by atoms with Crippen molar-refractivity contribution in [3.8, 4) is 11.5 Å². The number of aromatic nitrogens is 3. The fraction of sp³-hybridized carbons (Fsp3) is 0.190. The molecule has 3 heterocycles. The number of nitrogens with zero attached hydrogens (tertiary/aromatic N) is 2. The molecule has 0 spiro atoms. The minimum Gasteiger partial charge on any atom is -0.496 e. The van der Waals surface area contributed by atoms with Crippen LogP contribution in [0.25, 0.3) is 11.0 Å². The largest absolute Gasteiger partial charge is 0.496 e. The Bertz CT molecular complexity index is 1170. The highest BCUT2D eigenvalue weighted by Crippen LogP contribution is 2.29. The van der Waals surface area contributed by atoms with Gasteiger partial charge in [-0.15, -0.1) is 0 Å². The van der Waals surface area contributed by atoms with Gasteiger partial charge in [-0.05, 0) is 38.1 Å². The van der Waals surface area contributed by atoms with E-state index < -0.39 is 5.97 Å². The smallest absolute Gasteiger partial charge is 0.379 e. The Morgan fingerprint density at radius 2 is 2.14 bits per heavy atom. The zero-order valence-corrected chi connectivity index (χ0v) is 17.0. The molecule has 0 saturated heterocycles. The number of hydrogen-bond acceptors (Lipinski definition) is 7. The van der Waals surface area contributed by atoms with E-state index in [0.717, 1.165) is 38.8 Å². The Kier molecular flexibility index (Phi) is 5.26. The van der Waals surface area contributed by atoms with Gasteiger partial charge in [-0.1, -0.05) is 11.8 Å². The highest BCUT2D eigenvalue weighted by atomic mass is 32.2. The number of pyridine rings is 1. The van der Waals surface area contributed by atoms with E-state index >= 15 is 0 Å². The van der Waals surface area contributed by atoms with Crippen LogP contribution in [0.5, 0.6) is 11.5 Å². The number of hydrogen-bond donors (Lipinski definition) is 1. The Morgan fingerprint density at radius 3 is 2.90 bits per heavy atom. The van der Waals surface area contributed by atoms with E-state index in [4.69, 9.17) is 13.9 Å². The molecule has 1 N–H and O–H groups in total. The molecule has 0 radical (unpaired) electrons. The van der Waals surface area contributed by atoms with E-state index in [1.165, 1.54) is 6.26 Å². The number of aryl methyl sites for hydroxylation is 1. The predicted molar refractivity (Wildman–Crippen MR) is 110 cm³/mol. The second-order valence-corrected chi connectivity index (χ2v) is 7.39. The molecule has 29 heavy (non-hydrogen) atoms. The van der Waals surface area contributed by atoms with Crippen molar-refractivity contribution >= 4 is 28.8 Å². The lowest BCUT2D eigenvalue weighted by Crippen LogP contribution is -2.06. The maximum Gasteiger partial charge on any atom is 0.379 e. The molecule has 0 saturated carbocycles. The van der Waals surface area contributed by atoms with Crippen LogP contribution in [0, 0.1) is 13.8 Å². The van der Waals surface area contributed by atoms with Gasteiger partial charge in [0.15, 0.2) is 5.16 Å². The number of aromatic amines is 1. The normalized spacial score (nSPS) is 11.0. The zero-order chi connectivity index (χ0) is 20.4. The van der Waals surface area contributed by atoms with E-state index in [2.05, 4.69) is 15.0 Å². The van der Waals surface area contributed by atoms with E-state index in [0.29, 0.717) is 11.5 Å². The molecule has 0 bridgehead atoms. The summed E-state index contributed by atoms with van der Waals surface area (Å²) in [5, 5.41) is 0.759. The van der Waals surface area contributed by atoms with Crippen molar-refractivity contribution in [1.82, 2.24) is 15.0 Å². The van der Waals surface area contributed by atoms with Crippen molar-refractivity contribution in [2.45, 2.75) is 24.8 Å². The number of imidazole rings is 1. The summed E-state index contributed by atoms with van der Waals surface area (Å²) in [7, 11) is 1.67. The maximum atomic E-state index is 12.0. The fourth-order valence-corrected chi connectivity index (χ4v) is 3.91. The number of benzene rings is 1. The van der Waals surface area contributed by atoms with Gasteiger partial charge in [0.05, 0.1) is 30.1 Å². The molecule has 0 fully saturated rings. The Hall–Kier alpha value is -3.26. The van der Waals surface area contributed by atoms with Crippen molar-refractivity contribution in [2.75, 3.05) is 7.11 Å². The average molecular weight is 409 g/mol. The summed E-state index contributed by atoms with van der Waals surface area (Å²) >= 11 is 1.55. The molecule has 148 valence electrons. The van der Waals surface area contributed by atoms with Crippen molar-refractivity contribution in [3.05, 3.63) is 65.4 Å². The van der Waals surface area contributed by atoms with Crippen LogP contribution in [0.2, 0.25) is 0 Å². The standard InChI is InChI=1S/C21H19N3O4S/c1-12-10-22-17(13(2)19(12)26-3)11-29-21-23-15-7-6-14(9-16(15)24-21)28-20(25)18-5-4-8-27-18/h4-10H,11H2,1-3H3,(H,23,24). The lowest BCUT2D eigenvalue weighted by Gasteiger charge is -2.11. The van der Waals surface area contributed by atoms with Gasteiger partial charge in [0.1, 0.15) is 11.5 Å². The fourth-order valence-electron chi connectivity index (χ4n) is 3.00. The Morgan fingerprint density at radius 1 is 1.28 bits per heavy atom. The molecule has 7 nitrogen and oxygen atoms in total. The van der Waals surface area contributed by atoms with Gasteiger partial charge in [0.2, 0.25) is 5.76 Å². The molecule has 4 aromatic rings. The number of rotatable bonds is 6. The summed E-state index contributed by atoms with van der Waals surface area (Å²) in [4.78, 5) is 24.4. The second kappa shape index (κ2) is 8.00. The lowest BCUT2D eigenvalue weighted by atomic mass is 10.1. The summed E-state index contributed by atoms with van der Waals surface area (Å²) in [6.07, 6.45) is 3.25. The molecule has 0 aliphatic heterocycles. The summed E-state index contributed by atoms with van der Waals surface area (Å²) in [5.41, 5.74) is 4.56. The van der Waals surface area contributed by atoms with E-state index in [1.54, 1.807) is 49.2 Å². The number of furan rings is 1. The molecule has 0 aliphatic carbocycles. The van der Waals surface area contributed by atoms with Gasteiger partial charge in [0, 0.05) is 29.1 Å². The quantitative estimate of drug-likeness (QED) is 0.281. The molecular formula is C21H19N3O4S. The van der Waals surface area contributed by atoms with Gasteiger partial charge in [-0.3, -0.25) is 4.98 Å². The van der Waals surface area contributed by atoms with Gasteiger partial charge in [-0.2, -0.15) is 0 Å². The number of carbonyl (C=O) groups excluding carboxylic acids is 1. The van der Waals surface area contributed by atoms with Crippen LogP contribution in [-0.2, 0) is 5.75 Å². The number of carbonyl (C=O) groups is 1. The number of ether oxygens (including phenoxy) is 2. The number of fused-ring (bicyclic) bond motifs is 1.